The van der Waals surface area contributed by atoms with Gasteiger partial charge in [0.05, 0.1) is 0 Å². The fourth-order valence-electron chi connectivity index (χ4n) is 1.23. The molecule has 0 aliphatic carbocycles. The topological polar surface area (TPSA) is 57.5 Å². The molecule has 0 unspecified atom stereocenters. The van der Waals surface area contributed by atoms with Crippen LogP contribution in [0.3, 0.4) is 0 Å². The Morgan fingerprint density at radius 3 is 2.38 bits per heavy atom. The van der Waals surface area contributed by atoms with Gasteiger partial charge in [0.2, 0.25) is 0 Å². The Balaban J connectivity index is 3.22. The van der Waals surface area contributed by atoms with E-state index in [2.05, 4.69) is 0 Å². The number of hydrogen-bond acceptors (Lipinski definition) is 2. The van der Waals surface area contributed by atoms with Gasteiger partial charge in [0, 0.05) is 0 Å². The smallest absolute Gasteiger partial charge is 0.340 e. The molecule has 1 aromatic rings. The first-order valence-electron chi connectivity index (χ1n) is 3.98. The zero-order chi connectivity index (χ0) is 10.1. The monoisotopic (exact) mass is 180 g/mol. The molecule has 70 valence electrons. The van der Waals surface area contributed by atoms with Gasteiger partial charge >= 0.3 is 5.97 Å². The zero-order valence-corrected chi connectivity index (χ0v) is 7.61. The molecule has 1 atom stereocenters. The van der Waals surface area contributed by atoms with Gasteiger partial charge in [0.25, 0.3) is 0 Å². The number of carbonyl (C=O) groups is 1. The van der Waals surface area contributed by atoms with Crippen LogP contribution in [0, 0.1) is 6.92 Å². The molecule has 0 radical (unpaired) electrons. The summed E-state index contributed by atoms with van der Waals surface area (Å²) in [6, 6.07) is 6.90. The molecule has 0 saturated heterocycles. The van der Waals surface area contributed by atoms with Crippen molar-refractivity contribution in [3.8, 4) is 0 Å². The van der Waals surface area contributed by atoms with Gasteiger partial charge in [-0.25, -0.2) is 4.79 Å². The third-order valence-corrected chi connectivity index (χ3v) is 2.09. The average Bonchev–Trinajstić information content (AvgIpc) is 2.04. The fourth-order valence-corrected chi connectivity index (χ4v) is 1.23. The van der Waals surface area contributed by atoms with Crippen LogP contribution in [0.5, 0.6) is 0 Å². The Morgan fingerprint density at radius 1 is 1.38 bits per heavy atom. The molecule has 0 bridgehead atoms. The number of aliphatic hydroxyl groups is 1. The molecule has 0 aliphatic heterocycles. The molecule has 1 aromatic carbocycles. The summed E-state index contributed by atoms with van der Waals surface area (Å²) >= 11 is 0. The average molecular weight is 180 g/mol. The molecular weight excluding hydrogens is 168 g/mol. The van der Waals surface area contributed by atoms with Crippen molar-refractivity contribution in [3.63, 3.8) is 0 Å². The normalized spacial score (nSPS) is 15.0. The van der Waals surface area contributed by atoms with Crippen LogP contribution < -0.4 is 0 Å². The van der Waals surface area contributed by atoms with Crippen LogP contribution in [0.2, 0.25) is 0 Å². The third kappa shape index (κ3) is 1.70. The van der Waals surface area contributed by atoms with Crippen LogP contribution >= 0.6 is 0 Å². The predicted octanol–water partition coefficient (Wildman–Crippen LogP) is 1.29. The van der Waals surface area contributed by atoms with Gasteiger partial charge in [0.15, 0.2) is 5.60 Å². The number of rotatable bonds is 2. The lowest BCUT2D eigenvalue weighted by molar-refractivity contribution is -0.157. The zero-order valence-electron chi connectivity index (χ0n) is 7.61. The van der Waals surface area contributed by atoms with E-state index in [1.165, 1.54) is 6.92 Å². The number of aliphatic carboxylic acids is 1. The minimum Gasteiger partial charge on any atom is -0.479 e. The Kier molecular flexibility index (Phi) is 2.38. The van der Waals surface area contributed by atoms with E-state index in [0.29, 0.717) is 5.56 Å². The van der Waals surface area contributed by atoms with E-state index >= 15 is 0 Å². The third-order valence-electron chi connectivity index (χ3n) is 2.09. The van der Waals surface area contributed by atoms with Crippen molar-refractivity contribution in [2.24, 2.45) is 0 Å². The first kappa shape index (κ1) is 9.74. The minimum absolute atomic E-state index is 0.433. The Hall–Kier alpha value is -1.35. The molecule has 0 saturated carbocycles. The van der Waals surface area contributed by atoms with Gasteiger partial charge in [0.1, 0.15) is 0 Å². The van der Waals surface area contributed by atoms with E-state index in [4.69, 9.17) is 5.11 Å². The number of aryl methyl sites for hydroxylation is 1. The van der Waals surface area contributed by atoms with E-state index in [-0.39, 0.29) is 0 Å². The molecule has 13 heavy (non-hydrogen) atoms. The van der Waals surface area contributed by atoms with E-state index in [1.54, 1.807) is 31.2 Å². The summed E-state index contributed by atoms with van der Waals surface area (Å²) in [6.45, 7) is 3.05. The van der Waals surface area contributed by atoms with Gasteiger partial charge in [-0.2, -0.15) is 0 Å². The second kappa shape index (κ2) is 3.18. The highest BCUT2D eigenvalue weighted by molar-refractivity contribution is 5.79. The van der Waals surface area contributed by atoms with Crippen molar-refractivity contribution in [2.45, 2.75) is 19.4 Å². The first-order valence-corrected chi connectivity index (χ1v) is 3.98. The maximum atomic E-state index is 10.7. The Morgan fingerprint density at radius 2 is 1.92 bits per heavy atom. The van der Waals surface area contributed by atoms with Crippen molar-refractivity contribution in [2.75, 3.05) is 0 Å². The van der Waals surface area contributed by atoms with Gasteiger partial charge < -0.3 is 10.2 Å². The molecular formula is C10H12O3. The molecule has 0 heterocycles. The molecule has 0 aliphatic rings. The predicted molar refractivity (Wildman–Crippen MR) is 48.4 cm³/mol. The summed E-state index contributed by atoms with van der Waals surface area (Å²) in [5.41, 5.74) is -0.594. The van der Waals surface area contributed by atoms with Crippen molar-refractivity contribution >= 4 is 5.97 Å². The van der Waals surface area contributed by atoms with E-state index in [1.807, 2.05) is 0 Å². The van der Waals surface area contributed by atoms with E-state index in [0.717, 1.165) is 5.56 Å². The number of carboxylic acid groups (broad SMARTS) is 1. The number of hydrogen-bond donors (Lipinski definition) is 2. The first-order chi connectivity index (χ1) is 5.96. The van der Waals surface area contributed by atoms with Crippen LogP contribution in [-0.4, -0.2) is 16.2 Å². The van der Waals surface area contributed by atoms with Crippen LogP contribution in [0.25, 0.3) is 0 Å². The van der Waals surface area contributed by atoms with Gasteiger partial charge in [-0.3, -0.25) is 0 Å². The van der Waals surface area contributed by atoms with Gasteiger partial charge in [-0.15, -0.1) is 0 Å². The van der Waals surface area contributed by atoms with Gasteiger partial charge in [-0.1, -0.05) is 24.3 Å². The Bertz CT molecular complexity index is 329. The lowest BCUT2D eigenvalue weighted by atomic mass is 9.92. The van der Waals surface area contributed by atoms with Crippen LogP contribution in [0.4, 0.5) is 0 Å². The molecule has 1 rings (SSSR count). The highest BCUT2D eigenvalue weighted by atomic mass is 16.4. The minimum atomic E-state index is -1.80. The second-order valence-corrected chi connectivity index (χ2v) is 3.19. The van der Waals surface area contributed by atoms with Crippen molar-refractivity contribution in [1.29, 1.82) is 0 Å². The summed E-state index contributed by atoms with van der Waals surface area (Å²) in [5.74, 6) is -1.23. The highest BCUT2D eigenvalue weighted by Gasteiger charge is 2.33. The maximum absolute atomic E-state index is 10.7. The van der Waals surface area contributed by atoms with Gasteiger partial charge in [-0.05, 0) is 25.0 Å². The van der Waals surface area contributed by atoms with Crippen LogP contribution in [0.15, 0.2) is 24.3 Å². The Labute approximate surface area is 76.6 Å². The van der Waals surface area contributed by atoms with E-state index < -0.39 is 11.6 Å². The number of benzene rings is 1. The second-order valence-electron chi connectivity index (χ2n) is 3.19. The highest BCUT2D eigenvalue weighted by Crippen LogP contribution is 2.23. The van der Waals surface area contributed by atoms with Crippen LogP contribution in [0.1, 0.15) is 18.1 Å². The standard InChI is InChI=1S/C10H12O3/c1-7-5-3-4-6-8(7)10(2,13)9(11)12/h3-6,13H,1-2H3,(H,11,12)/t10-/m0/s1. The molecule has 3 nitrogen and oxygen atoms in total. The summed E-state index contributed by atoms with van der Waals surface area (Å²) in [6.07, 6.45) is 0. The lowest BCUT2D eigenvalue weighted by Crippen LogP contribution is -2.32. The summed E-state index contributed by atoms with van der Waals surface area (Å²) in [7, 11) is 0. The molecule has 0 fully saturated rings. The number of carboxylic acids is 1. The molecule has 2 N–H and O–H groups in total. The molecule has 3 heteroatoms. The summed E-state index contributed by atoms with van der Waals surface area (Å²) in [4.78, 5) is 10.7. The molecule has 0 spiro atoms. The van der Waals surface area contributed by atoms with E-state index in [9.17, 15) is 9.90 Å². The van der Waals surface area contributed by atoms with Crippen molar-refractivity contribution in [1.82, 2.24) is 0 Å². The molecule has 0 amide bonds. The van der Waals surface area contributed by atoms with Crippen molar-refractivity contribution < 1.29 is 15.0 Å². The quantitative estimate of drug-likeness (QED) is 0.721. The van der Waals surface area contributed by atoms with Crippen LogP contribution in [-0.2, 0) is 10.4 Å². The fraction of sp³-hybridized carbons (Fsp3) is 0.300. The summed E-state index contributed by atoms with van der Waals surface area (Å²) < 4.78 is 0. The van der Waals surface area contributed by atoms with Crippen molar-refractivity contribution in [3.05, 3.63) is 35.4 Å². The maximum Gasteiger partial charge on any atom is 0.340 e. The summed E-state index contributed by atoms with van der Waals surface area (Å²) in [5, 5.41) is 18.4. The largest absolute Gasteiger partial charge is 0.479 e. The SMILES string of the molecule is Cc1ccccc1[C@](C)(O)C(=O)O. The molecule has 0 aromatic heterocycles. The lowest BCUT2D eigenvalue weighted by Gasteiger charge is -2.20.